The second-order valence-electron chi connectivity index (χ2n) is 7.00. The van der Waals surface area contributed by atoms with Crippen molar-refractivity contribution in [1.29, 1.82) is 0 Å². The minimum absolute atomic E-state index is 0.344. The minimum atomic E-state index is -0.464. The summed E-state index contributed by atoms with van der Waals surface area (Å²) in [5.41, 5.74) is 0.555. The number of ether oxygens (including phenoxy) is 1. The van der Waals surface area contributed by atoms with Gasteiger partial charge in [0, 0.05) is 32.9 Å². The molecule has 0 spiro atoms. The molecule has 1 amide bonds. The highest BCUT2D eigenvalue weighted by Crippen LogP contribution is 2.10. The number of aromatic nitrogens is 2. The Balaban J connectivity index is 2.34. The number of nitrogens with one attached hydrogen (secondary N) is 2. The highest BCUT2D eigenvalue weighted by molar-refractivity contribution is 5.67. The van der Waals surface area contributed by atoms with E-state index in [4.69, 9.17) is 4.74 Å². The van der Waals surface area contributed by atoms with E-state index in [0.29, 0.717) is 18.4 Å². The first-order valence-electron chi connectivity index (χ1n) is 7.83. The van der Waals surface area contributed by atoms with E-state index in [0.717, 1.165) is 18.8 Å². The molecule has 6 nitrogen and oxygen atoms in total. The van der Waals surface area contributed by atoms with Gasteiger partial charge in [-0.1, -0.05) is 13.8 Å². The summed E-state index contributed by atoms with van der Waals surface area (Å²) >= 11 is 0. The predicted molar refractivity (Wildman–Crippen MR) is 87.5 cm³/mol. The Morgan fingerprint density at radius 2 is 2.05 bits per heavy atom. The molecule has 6 heteroatoms. The standard InChI is InChI=1S/C16H30N4O2/c1-12(2)13(10-18-15(21)22-16(3,4)5)9-17-11-14-7-8-20(6)19-14/h7-8,12-13,17H,9-11H2,1-6H3,(H,18,21). The molecule has 126 valence electrons. The van der Waals surface area contributed by atoms with E-state index in [2.05, 4.69) is 29.6 Å². The molecule has 1 heterocycles. The molecule has 0 aliphatic carbocycles. The fourth-order valence-electron chi connectivity index (χ4n) is 2.02. The molecule has 1 atom stereocenters. The summed E-state index contributed by atoms with van der Waals surface area (Å²) in [5, 5.41) is 10.6. The van der Waals surface area contributed by atoms with Crippen molar-refractivity contribution in [3.63, 3.8) is 0 Å². The molecule has 0 aromatic carbocycles. The molecule has 0 saturated heterocycles. The van der Waals surface area contributed by atoms with E-state index in [1.165, 1.54) is 0 Å². The lowest BCUT2D eigenvalue weighted by molar-refractivity contribution is 0.0515. The second-order valence-corrected chi connectivity index (χ2v) is 7.00. The summed E-state index contributed by atoms with van der Waals surface area (Å²) < 4.78 is 7.05. The van der Waals surface area contributed by atoms with Crippen LogP contribution in [-0.2, 0) is 18.3 Å². The van der Waals surface area contributed by atoms with Gasteiger partial charge in [0.2, 0.25) is 0 Å². The molecule has 0 saturated carbocycles. The Labute approximate surface area is 133 Å². The van der Waals surface area contributed by atoms with Crippen LogP contribution in [0, 0.1) is 11.8 Å². The SMILES string of the molecule is CC(C)C(CNCc1ccn(C)n1)CNC(=O)OC(C)(C)C. The number of alkyl carbamates (subject to hydrolysis) is 1. The van der Waals surface area contributed by atoms with Crippen LogP contribution in [0.4, 0.5) is 4.79 Å². The fourth-order valence-corrected chi connectivity index (χ4v) is 2.02. The van der Waals surface area contributed by atoms with Crippen molar-refractivity contribution in [2.45, 2.75) is 46.8 Å². The first kappa shape index (κ1) is 18.5. The van der Waals surface area contributed by atoms with Crippen LogP contribution >= 0.6 is 0 Å². The summed E-state index contributed by atoms with van der Waals surface area (Å²) in [6, 6.07) is 2.00. The van der Waals surface area contributed by atoms with Crippen LogP contribution in [0.15, 0.2) is 12.3 Å². The van der Waals surface area contributed by atoms with Crippen molar-refractivity contribution < 1.29 is 9.53 Å². The maximum atomic E-state index is 11.7. The average Bonchev–Trinajstić information content (AvgIpc) is 2.76. The van der Waals surface area contributed by atoms with Crippen LogP contribution in [0.25, 0.3) is 0 Å². The van der Waals surface area contributed by atoms with E-state index >= 15 is 0 Å². The summed E-state index contributed by atoms with van der Waals surface area (Å²) in [7, 11) is 1.91. The Bertz CT molecular complexity index is 463. The van der Waals surface area contributed by atoms with Gasteiger partial charge in [-0.2, -0.15) is 5.10 Å². The van der Waals surface area contributed by atoms with Gasteiger partial charge in [0.05, 0.1) is 5.69 Å². The Morgan fingerprint density at radius 3 is 2.55 bits per heavy atom. The van der Waals surface area contributed by atoms with Crippen molar-refractivity contribution in [2.24, 2.45) is 18.9 Å². The molecule has 0 radical (unpaired) electrons. The summed E-state index contributed by atoms with van der Waals surface area (Å²) in [5.74, 6) is 0.808. The van der Waals surface area contributed by atoms with Crippen LogP contribution in [-0.4, -0.2) is 34.6 Å². The zero-order valence-corrected chi connectivity index (χ0v) is 14.6. The van der Waals surface area contributed by atoms with Gasteiger partial charge in [-0.25, -0.2) is 4.79 Å². The third-order valence-corrected chi connectivity index (χ3v) is 3.33. The van der Waals surface area contributed by atoms with Gasteiger partial charge in [0.1, 0.15) is 5.60 Å². The molecule has 0 aliphatic rings. The highest BCUT2D eigenvalue weighted by atomic mass is 16.6. The van der Waals surface area contributed by atoms with Gasteiger partial charge < -0.3 is 15.4 Å². The van der Waals surface area contributed by atoms with Crippen molar-refractivity contribution in [3.05, 3.63) is 18.0 Å². The number of hydrogen-bond acceptors (Lipinski definition) is 4. The zero-order valence-electron chi connectivity index (χ0n) is 14.6. The van der Waals surface area contributed by atoms with E-state index in [-0.39, 0.29) is 6.09 Å². The lowest BCUT2D eigenvalue weighted by atomic mass is 9.96. The highest BCUT2D eigenvalue weighted by Gasteiger charge is 2.19. The monoisotopic (exact) mass is 310 g/mol. The quantitative estimate of drug-likeness (QED) is 0.811. The Kier molecular flexibility index (Phi) is 6.87. The van der Waals surface area contributed by atoms with Gasteiger partial charge in [-0.15, -0.1) is 0 Å². The van der Waals surface area contributed by atoms with Crippen molar-refractivity contribution in [2.75, 3.05) is 13.1 Å². The first-order chi connectivity index (χ1) is 10.2. The zero-order chi connectivity index (χ0) is 16.8. The van der Waals surface area contributed by atoms with Crippen LogP contribution in [0.1, 0.15) is 40.3 Å². The molecular weight excluding hydrogens is 280 g/mol. The smallest absolute Gasteiger partial charge is 0.407 e. The van der Waals surface area contributed by atoms with E-state index < -0.39 is 5.60 Å². The number of hydrogen-bond donors (Lipinski definition) is 2. The number of amides is 1. The molecule has 0 bridgehead atoms. The minimum Gasteiger partial charge on any atom is -0.444 e. The third kappa shape index (κ3) is 7.45. The molecule has 1 rings (SSSR count). The normalized spacial score (nSPS) is 13.2. The van der Waals surface area contributed by atoms with Gasteiger partial charge in [0.15, 0.2) is 0 Å². The van der Waals surface area contributed by atoms with E-state index in [1.807, 2.05) is 40.1 Å². The van der Waals surface area contributed by atoms with Crippen LogP contribution < -0.4 is 10.6 Å². The first-order valence-corrected chi connectivity index (χ1v) is 7.83. The lowest BCUT2D eigenvalue weighted by Gasteiger charge is -2.24. The predicted octanol–water partition coefficient (Wildman–Crippen LogP) is 2.31. The summed E-state index contributed by atoms with van der Waals surface area (Å²) in [4.78, 5) is 11.7. The molecule has 0 aliphatic heterocycles. The van der Waals surface area contributed by atoms with Crippen molar-refractivity contribution >= 4 is 6.09 Å². The molecule has 1 unspecified atom stereocenters. The lowest BCUT2D eigenvalue weighted by Crippen LogP contribution is -2.39. The van der Waals surface area contributed by atoms with Crippen LogP contribution in [0.3, 0.4) is 0 Å². The van der Waals surface area contributed by atoms with Gasteiger partial charge in [-0.3, -0.25) is 4.68 Å². The van der Waals surface area contributed by atoms with Crippen molar-refractivity contribution in [3.8, 4) is 0 Å². The number of aryl methyl sites for hydroxylation is 1. The van der Waals surface area contributed by atoms with Crippen molar-refractivity contribution in [1.82, 2.24) is 20.4 Å². The number of carbonyl (C=O) groups is 1. The molecule has 1 aromatic rings. The van der Waals surface area contributed by atoms with Gasteiger partial charge >= 0.3 is 6.09 Å². The summed E-state index contributed by atoms with van der Waals surface area (Å²) in [6.07, 6.45) is 1.57. The largest absolute Gasteiger partial charge is 0.444 e. The van der Waals surface area contributed by atoms with Crippen LogP contribution in [0.2, 0.25) is 0 Å². The molecule has 1 aromatic heterocycles. The molecule has 0 fully saturated rings. The number of nitrogens with zero attached hydrogens (tertiary/aromatic N) is 2. The number of rotatable bonds is 7. The van der Waals surface area contributed by atoms with E-state index in [9.17, 15) is 4.79 Å². The second kappa shape index (κ2) is 8.17. The maximum absolute atomic E-state index is 11.7. The number of carbonyl (C=O) groups excluding carboxylic acids is 1. The molecule has 2 N–H and O–H groups in total. The van der Waals surface area contributed by atoms with Crippen LogP contribution in [0.5, 0.6) is 0 Å². The van der Waals surface area contributed by atoms with Gasteiger partial charge in [0.25, 0.3) is 0 Å². The maximum Gasteiger partial charge on any atom is 0.407 e. The van der Waals surface area contributed by atoms with E-state index in [1.54, 1.807) is 4.68 Å². The molecular formula is C16H30N4O2. The Hall–Kier alpha value is -1.56. The topological polar surface area (TPSA) is 68.2 Å². The fraction of sp³-hybridized carbons (Fsp3) is 0.750. The average molecular weight is 310 g/mol. The summed E-state index contributed by atoms with van der Waals surface area (Å²) in [6.45, 7) is 12.1. The van der Waals surface area contributed by atoms with Gasteiger partial charge in [-0.05, 0) is 38.7 Å². The third-order valence-electron chi connectivity index (χ3n) is 3.33. The Morgan fingerprint density at radius 1 is 1.36 bits per heavy atom. The molecule has 22 heavy (non-hydrogen) atoms.